The van der Waals surface area contributed by atoms with Crippen LogP contribution in [-0.2, 0) is 11.2 Å². The van der Waals surface area contributed by atoms with Gasteiger partial charge < -0.3 is 10.4 Å². The number of carboxylic acids is 1. The fourth-order valence-electron chi connectivity index (χ4n) is 1.96. The number of aryl methyl sites for hydroxylation is 2. The first-order valence-electron chi connectivity index (χ1n) is 6.87. The highest BCUT2D eigenvalue weighted by Gasteiger charge is 2.19. The maximum absolute atomic E-state index is 11.9. The number of carbonyl (C=O) groups is 2. The number of nitrogens with one attached hydrogen (secondary N) is 1. The van der Waals surface area contributed by atoms with Gasteiger partial charge in [-0.2, -0.15) is 0 Å². The van der Waals surface area contributed by atoms with Crippen molar-refractivity contribution in [1.29, 1.82) is 0 Å². The minimum atomic E-state index is -0.991. The summed E-state index contributed by atoms with van der Waals surface area (Å²) < 4.78 is 0. The Kier molecular flexibility index (Phi) is 5.21. The largest absolute Gasteiger partial charge is 0.477 e. The van der Waals surface area contributed by atoms with Gasteiger partial charge in [0.15, 0.2) is 0 Å². The number of carbonyl (C=O) groups excluding carboxylic acids is 1. The second-order valence-corrected chi connectivity index (χ2v) is 5.91. The molecule has 0 aliphatic rings. The van der Waals surface area contributed by atoms with E-state index >= 15 is 0 Å². The molecule has 0 spiro atoms. The minimum Gasteiger partial charge on any atom is -0.477 e. The molecule has 0 aliphatic carbocycles. The van der Waals surface area contributed by atoms with Crippen LogP contribution < -0.4 is 5.32 Å². The zero-order valence-electron chi connectivity index (χ0n) is 12.4. The number of carboxylic acid groups (broad SMARTS) is 1. The first-order chi connectivity index (χ1) is 10.5. The van der Waals surface area contributed by atoms with Gasteiger partial charge in [-0.1, -0.05) is 6.07 Å². The van der Waals surface area contributed by atoms with Crippen LogP contribution in [0, 0.1) is 6.92 Å². The van der Waals surface area contributed by atoms with Gasteiger partial charge >= 0.3 is 5.97 Å². The van der Waals surface area contributed by atoms with Crippen molar-refractivity contribution in [3.63, 3.8) is 0 Å². The van der Waals surface area contributed by atoms with Gasteiger partial charge in [0.1, 0.15) is 9.88 Å². The van der Waals surface area contributed by atoms with E-state index in [2.05, 4.69) is 15.3 Å². The monoisotopic (exact) mass is 319 g/mol. The normalized spacial score (nSPS) is 11.9. The Morgan fingerprint density at radius 1 is 1.41 bits per heavy atom. The van der Waals surface area contributed by atoms with Crippen LogP contribution in [0.3, 0.4) is 0 Å². The Bertz CT molecular complexity index is 670. The molecular weight excluding hydrogens is 302 g/mol. The topological polar surface area (TPSA) is 92.2 Å². The van der Waals surface area contributed by atoms with Gasteiger partial charge in [0.25, 0.3) is 0 Å². The molecule has 1 atom stereocenters. The summed E-state index contributed by atoms with van der Waals surface area (Å²) >= 11 is 1.09. The van der Waals surface area contributed by atoms with Crippen molar-refractivity contribution in [1.82, 2.24) is 15.3 Å². The summed E-state index contributed by atoms with van der Waals surface area (Å²) in [5.41, 5.74) is 1.34. The Labute approximate surface area is 132 Å². The minimum absolute atomic E-state index is 0.108. The molecule has 2 heterocycles. The SMILES string of the molecule is Cc1nc(C(C)NC(=O)CCc2ccccn2)sc1C(=O)O. The Morgan fingerprint density at radius 2 is 2.18 bits per heavy atom. The second kappa shape index (κ2) is 7.13. The number of aromatic carboxylic acids is 1. The third kappa shape index (κ3) is 4.11. The summed E-state index contributed by atoms with van der Waals surface area (Å²) in [6, 6.07) is 5.28. The average molecular weight is 319 g/mol. The molecule has 1 unspecified atom stereocenters. The van der Waals surface area contributed by atoms with Crippen LogP contribution in [0.25, 0.3) is 0 Å². The Morgan fingerprint density at radius 3 is 2.77 bits per heavy atom. The van der Waals surface area contributed by atoms with Crippen molar-refractivity contribution >= 4 is 23.2 Å². The first-order valence-corrected chi connectivity index (χ1v) is 7.69. The molecule has 2 rings (SSSR count). The van der Waals surface area contributed by atoms with Gasteiger partial charge in [0.2, 0.25) is 5.91 Å². The quantitative estimate of drug-likeness (QED) is 0.852. The maximum atomic E-state index is 11.9. The number of amides is 1. The predicted octanol–water partition coefficient (Wildman–Crippen LogP) is 2.35. The number of hydrogen-bond acceptors (Lipinski definition) is 5. The molecule has 0 saturated heterocycles. The van der Waals surface area contributed by atoms with E-state index in [1.54, 1.807) is 20.0 Å². The van der Waals surface area contributed by atoms with E-state index in [-0.39, 0.29) is 16.8 Å². The lowest BCUT2D eigenvalue weighted by atomic mass is 10.2. The van der Waals surface area contributed by atoms with E-state index in [9.17, 15) is 9.59 Å². The lowest BCUT2D eigenvalue weighted by Crippen LogP contribution is -2.26. The van der Waals surface area contributed by atoms with E-state index in [1.165, 1.54) is 0 Å². The van der Waals surface area contributed by atoms with E-state index in [1.807, 2.05) is 18.2 Å². The van der Waals surface area contributed by atoms with Crippen molar-refractivity contribution in [2.75, 3.05) is 0 Å². The van der Waals surface area contributed by atoms with Gasteiger partial charge in [0.05, 0.1) is 11.7 Å². The Balaban J connectivity index is 1.91. The number of nitrogens with zero attached hydrogens (tertiary/aromatic N) is 2. The van der Waals surface area contributed by atoms with Crippen LogP contribution in [-0.4, -0.2) is 27.0 Å². The molecule has 0 bridgehead atoms. The highest BCUT2D eigenvalue weighted by Crippen LogP contribution is 2.23. The average Bonchev–Trinajstić information content (AvgIpc) is 2.88. The van der Waals surface area contributed by atoms with Crippen LogP contribution >= 0.6 is 11.3 Å². The number of aromatic nitrogens is 2. The number of thiazole rings is 1. The fraction of sp³-hybridized carbons (Fsp3) is 0.333. The summed E-state index contributed by atoms with van der Waals surface area (Å²) in [5.74, 6) is -1.10. The third-order valence-corrected chi connectivity index (χ3v) is 4.42. The molecule has 22 heavy (non-hydrogen) atoms. The summed E-state index contributed by atoms with van der Waals surface area (Å²) in [6.07, 6.45) is 2.59. The summed E-state index contributed by atoms with van der Waals surface area (Å²) in [7, 11) is 0. The predicted molar refractivity (Wildman–Crippen MR) is 82.9 cm³/mol. The molecule has 2 aromatic heterocycles. The second-order valence-electron chi connectivity index (χ2n) is 4.88. The van der Waals surface area contributed by atoms with E-state index in [0.717, 1.165) is 17.0 Å². The van der Waals surface area contributed by atoms with Gasteiger partial charge in [-0.25, -0.2) is 9.78 Å². The van der Waals surface area contributed by atoms with Crippen molar-refractivity contribution < 1.29 is 14.7 Å². The fourth-order valence-corrected chi connectivity index (χ4v) is 2.87. The first kappa shape index (κ1) is 16.1. The molecule has 116 valence electrons. The summed E-state index contributed by atoms with van der Waals surface area (Å²) in [4.78, 5) is 31.6. The summed E-state index contributed by atoms with van der Waals surface area (Å²) in [6.45, 7) is 3.45. The molecule has 0 saturated carbocycles. The molecule has 0 aromatic carbocycles. The van der Waals surface area contributed by atoms with Crippen LogP contribution in [0.1, 0.15) is 45.5 Å². The molecule has 2 N–H and O–H groups in total. The number of hydrogen-bond donors (Lipinski definition) is 2. The maximum Gasteiger partial charge on any atom is 0.347 e. The van der Waals surface area contributed by atoms with E-state index < -0.39 is 5.97 Å². The molecule has 2 aromatic rings. The van der Waals surface area contributed by atoms with Crippen LogP contribution in [0.4, 0.5) is 0 Å². The molecule has 0 fully saturated rings. The van der Waals surface area contributed by atoms with Crippen LogP contribution in [0.15, 0.2) is 24.4 Å². The van der Waals surface area contributed by atoms with Crippen molar-refractivity contribution in [2.24, 2.45) is 0 Å². The number of pyridine rings is 1. The van der Waals surface area contributed by atoms with Gasteiger partial charge in [0, 0.05) is 18.3 Å². The zero-order chi connectivity index (χ0) is 16.1. The highest BCUT2D eigenvalue weighted by atomic mass is 32.1. The van der Waals surface area contributed by atoms with Crippen molar-refractivity contribution in [2.45, 2.75) is 32.7 Å². The lowest BCUT2D eigenvalue weighted by molar-refractivity contribution is -0.121. The van der Waals surface area contributed by atoms with Crippen LogP contribution in [0.5, 0.6) is 0 Å². The van der Waals surface area contributed by atoms with Gasteiger partial charge in [-0.3, -0.25) is 9.78 Å². The van der Waals surface area contributed by atoms with Gasteiger partial charge in [-0.05, 0) is 32.4 Å². The van der Waals surface area contributed by atoms with Crippen molar-refractivity contribution in [3.8, 4) is 0 Å². The standard InChI is InChI=1S/C15H17N3O3S/c1-9-13(15(20)21)22-14(18-9)10(2)17-12(19)7-6-11-5-3-4-8-16-11/h3-5,8,10H,6-7H2,1-2H3,(H,17,19)(H,20,21). The molecule has 0 radical (unpaired) electrons. The molecule has 1 amide bonds. The van der Waals surface area contributed by atoms with Crippen LogP contribution in [0.2, 0.25) is 0 Å². The molecule has 0 aliphatic heterocycles. The van der Waals surface area contributed by atoms with E-state index in [0.29, 0.717) is 23.5 Å². The smallest absolute Gasteiger partial charge is 0.347 e. The summed E-state index contributed by atoms with van der Waals surface area (Å²) in [5, 5.41) is 12.5. The highest BCUT2D eigenvalue weighted by molar-refractivity contribution is 7.13. The Hall–Kier alpha value is -2.28. The molecular formula is C15H17N3O3S. The van der Waals surface area contributed by atoms with Crippen molar-refractivity contribution in [3.05, 3.63) is 45.7 Å². The van der Waals surface area contributed by atoms with Gasteiger partial charge in [-0.15, -0.1) is 11.3 Å². The van der Waals surface area contributed by atoms with E-state index in [4.69, 9.17) is 5.11 Å². The lowest BCUT2D eigenvalue weighted by Gasteiger charge is -2.11. The third-order valence-electron chi connectivity index (χ3n) is 3.09. The zero-order valence-corrected chi connectivity index (χ0v) is 13.2. The molecule has 6 nitrogen and oxygen atoms in total. The number of rotatable bonds is 6. The molecule has 7 heteroatoms.